The lowest BCUT2D eigenvalue weighted by molar-refractivity contribution is 1.11. The first-order valence-corrected chi connectivity index (χ1v) is 7.27. The summed E-state index contributed by atoms with van der Waals surface area (Å²) in [7, 11) is 0. The summed E-state index contributed by atoms with van der Waals surface area (Å²) in [5, 5.41) is 17.7. The van der Waals surface area contributed by atoms with Gasteiger partial charge in [0.05, 0.1) is 17.2 Å². The summed E-state index contributed by atoms with van der Waals surface area (Å²) in [5.41, 5.74) is 10.6. The molecule has 0 saturated heterocycles. The van der Waals surface area contributed by atoms with Gasteiger partial charge < -0.3 is 5.73 Å². The number of fused-ring (bicyclic) bond motifs is 4. The average Bonchev–Trinajstić information content (AvgIpc) is 3.21. The molecular weight excluding hydrogens is 288 g/mol. The zero-order chi connectivity index (χ0) is 15.4. The van der Waals surface area contributed by atoms with Gasteiger partial charge in [-0.3, -0.25) is 10.2 Å². The zero-order valence-corrected chi connectivity index (χ0v) is 12.0. The number of nitrogens with two attached hydrogens (primary N) is 1. The SMILES string of the molecule is Nc1nc2ccccc2c2c(-c3ccc4cn[nH]c4c3)n[nH]c12. The number of aromatic amines is 2. The number of anilines is 1. The Labute approximate surface area is 130 Å². The lowest BCUT2D eigenvalue weighted by Crippen LogP contribution is -1.92. The van der Waals surface area contributed by atoms with E-state index >= 15 is 0 Å². The number of benzene rings is 2. The smallest absolute Gasteiger partial charge is 0.150 e. The van der Waals surface area contributed by atoms with Crippen molar-refractivity contribution in [3.63, 3.8) is 0 Å². The van der Waals surface area contributed by atoms with Crippen LogP contribution in [0.5, 0.6) is 0 Å². The molecule has 0 fully saturated rings. The summed E-state index contributed by atoms with van der Waals surface area (Å²) in [5.74, 6) is 0.458. The molecule has 0 amide bonds. The standard InChI is InChI=1S/C17H12N6/c18-17-16-14(11-3-1-2-4-12(11)20-17)15(22-23-16)9-5-6-10-8-19-21-13(10)7-9/h1-8H,(H2,18,20)(H,19,21)(H,22,23). The Balaban J connectivity index is 1.91. The number of rotatable bonds is 1. The van der Waals surface area contributed by atoms with Crippen LogP contribution in [0.2, 0.25) is 0 Å². The normalized spacial score (nSPS) is 11.7. The summed E-state index contributed by atoms with van der Waals surface area (Å²) >= 11 is 0. The van der Waals surface area contributed by atoms with E-state index in [9.17, 15) is 0 Å². The van der Waals surface area contributed by atoms with Crippen LogP contribution in [0, 0.1) is 0 Å². The number of nitrogens with one attached hydrogen (secondary N) is 2. The lowest BCUT2D eigenvalue weighted by Gasteiger charge is -2.04. The van der Waals surface area contributed by atoms with E-state index in [2.05, 4.69) is 25.4 Å². The minimum atomic E-state index is 0.458. The molecule has 23 heavy (non-hydrogen) atoms. The monoisotopic (exact) mass is 300 g/mol. The van der Waals surface area contributed by atoms with Crippen LogP contribution in [0.3, 0.4) is 0 Å². The lowest BCUT2D eigenvalue weighted by atomic mass is 10.0. The van der Waals surface area contributed by atoms with Gasteiger partial charge in [0.15, 0.2) is 0 Å². The van der Waals surface area contributed by atoms with Crippen molar-refractivity contribution in [3.8, 4) is 11.3 Å². The molecule has 3 heterocycles. The van der Waals surface area contributed by atoms with Gasteiger partial charge in [-0.1, -0.05) is 30.3 Å². The first-order valence-electron chi connectivity index (χ1n) is 7.27. The maximum atomic E-state index is 6.09. The summed E-state index contributed by atoms with van der Waals surface area (Å²) in [4.78, 5) is 4.44. The third kappa shape index (κ3) is 1.66. The van der Waals surface area contributed by atoms with Crippen LogP contribution in [-0.4, -0.2) is 25.4 Å². The topological polar surface area (TPSA) is 96.3 Å². The van der Waals surface area contributed by atoms with Gasteiger partial charge in [0.25, 0.3) is 0 Å². The molecule has 0 bridgehead atoms. The predicted molar refractivity (Wildman–Crippen MR) is 90.9 cm³/mol. The van der Waals surface area contributed by atoms with Crippen LogP contribution in [0.15, 0.2) is 48.7 Å². The molecule has 0 unspecified atom stereocenters. The van der Waals surface area contributed by atoms with Crippen molar-refractivity contribution in [2.75, 3.05) is 5.73 Å². The van der Waals surface area contributed by atoms with Crippen LogP contribution >= 0.6 is 0 Å². The number of aromatic nitrogens is 5. The minimum absolute atomic E-state index is 0.458. The van der Waals surface area contributed by atoms with E-state index in [-0.39, 0.29) is 0 Å². The third-order valence-corrected chi connectivity index (χ3v) is 4.15. The Kier molecular flexibility index (Phi) is 2.27. The second-order valence-corrected chi connectivity index (χ2v) is 5.51. The molecule has 2 aromatic carbocycles. The van der Waals surface area contributed by atoms with Crippen molar-refractivity contribution in [2.45, 2.75) is 0 Å². The third-order valence-electron chi connectivity index (χ3n) is 4.15. The molecule has 0 spiro atoms. The Morgan fingerprint density at radius 1 is 1.00 bits per heavy atom. The summed E-state index contributed by atoms with van der Waals surface area (Å²) in [6, 6.07) is 14.1. The second kappa shape index (κ2) is 4.30. The van der Waals surface area contributed by atoms with Crippen molar-refractivity contribution in [1.82, 2.24) is 25.4 Å². The fourth-order valence-electron chi connectivity index (χ4n) is 3.05. The Bertz CT molecular complexity index is 1180. The predicted octanol–water partition coefficient (Wildman–Crippen LogP) is 3.24. The van der Waals surface area contributed by atoms with Gasteiger partial charge in [0, 0.05) is 21.7 Å². The minimum Gasteiger partial charge on any atom is -0.382 e. The fraction of sp³-hybridized carbons (Fsp3) is 0. The van der Waals surface area contributed by atoms with Crippen molar-refractivity contribution >= 4 is 38.5 Å². The molecule has 0 radical (unpaired) electrons. The molecule has 5 rings (SSSR count). The van der Waals surface area contributed by atoms with E-state index in [4.69, 9.17) is 5.73 Å². The fourth-order valence-corrected chi connectivity index (χ4v) is 3.05. The Morgan fingerprint density at radius 3 is 2.87 bits per heavy atom. The van der Waals surface area contributed by atoms with E-state index < -0.39 is 0 Å². The number of pyridine rings is 1. The number of nitrogens with zero attached hydrogens (tertiary/aromatic N) is 3. The van der Waals surface area contributed by atoms with Crippen LogP contribution in [0.1, 0.15) is 0 Å². The number of nitrogen functional groups attached to an aromatic ring is 1. The molecule has 4 N–H and O–H groups in total. The van der Waals surface area contributed by atoms with Gasteiger partial charge in [-0.25, -0.2) is 4.98 Å². The highest BCUT2D eigenvalue weighted by Gasteiger charge is 2.15. The van der Waals surface area contributed by atoms with E-state index in [1.165, 1.54) is 0 Å². The maximum absolute atomic E-state index is 6.09. The molecule has 0 aliphatic carbocycles. The van der Waals surface area contributed by atoms with Gasteiger partial charge in [-0.15, -0.1) is 0 Å². The van der Waals surface area contributed by atoms with Gasteiger partial charge in [-0.05, 0) is 12.1 Å². The van der Waals surface area contributed by atoms with E-state index in [0.29, 0.717) is 5.82 Å². The molecular formula is C17H12N6. The summed E-state index contributed by atoms with van der Waals surface area (Å²) < 4.78 is 0. The molecule has 0 saturated carbocycles. The highest BCUT2D eigenvalue weighted by molar-refractivity contribution is 6.14. The highest BCUT2D eigenvalue weighted by Crippen LogP contribution is 2.34. The van der Waals surface area contributed by atoms with E-state index in [0.717, 1.165) is 44.0 Å². The van der Waals surface area contributed by atoms with E-state index in [1.54, 1.807) is 6.20 Å². The van der Waals surface area contributed by atoms with E-state index in [1.807, 2.05) is 42.5 Å². The molecule has 0 aliphatic rings. The van der Waals surface area contributed by atoms with Crippen LogP contribution in [0.25, 0.3) is 44.0 Å². The van der Waals surface area contributed by atoms with Crippen molar-refractivity contribution in [3.05, 3.63) is 48.7 Å². The summed E-state index contributed by atoms with van der Waals surface area (Å²) in [6.45, 7) is 0. The van der Waals surface area contributed by atoms with Gasteiger partial charge >= 0.3 is 0 Å². The molecule has 0 aliphatic heterocycles. The molecule has 6 heteroatoms. The zero-order valence-electron chi connectivity index (χ0n) is 12.0. The number of para-hydroxylation sites is 1. The largest absolute Gasteiger partial charge is 0.382 e. The van der Waals surface area contributed by atoms with Gasteiger partial charge in [0.1, 0.15) is 17.0 Å². The molecule has 6 nitrogen and oxygen atoms in total. The van der Waals surface area contributed by atoms with Crippen LogP contribution in [0.4, 0.5) is 5.82 Å². The first kappa shape index (κ1) is 12.2. The average molecular weight is 300 g/mol. The number of H-pyrrole nitrogens is 2. The van der Waals surface area contributed by atoms with Crippen LogP contribution < -0.4 is 5.73 Å². The quantitative estimate of drug-likeness (QED) is 0.443. The molecule has 3 aromatic heterocycles. The molecule has 110 valence electrons. The van der Waals surface area contributed by atoms with Crippen molar-refractivity contribution in [2.24, 2.45) is 0 Å². The Morgan fingerprint density at radius 2 is 1.91 bits per heavy atom. The van der Waals surface area contributed by atoms with Crippen LogP contribution in [-0.2, 0) is 0 Å². The second-order valence-electron chi connectivity index (χ2n) is 5.51. The first-order chi connectivity index (χ1) is 11.3. The van der Waals surface area contributed by atoms with Gasteiger partial charge in [0.2, 0.25) is 0 Å². The van der Waals surface area contributed by atoms with Gasteiger partial charge in [-0.2, -0.15) is 10.2 Å². The molecule has 5 aromatic rings. The number of hydrogen-bond donors (Lipinski definition) is 3. The maximum Gasteiger partial charge on any atom is 0.150 e. The van der Waals surface area contributed by atoms with Crippen molar-refractivity contribution < 1.29 is 0 Å². The highest BCUT2D eigenvalue weighted by atomic mass is 15.1. The summed E-state index contributed by atoms with van der Waals surface area (Å²) in [6.07, 6.45) is 1.80. The Hall–Kier alpha value is -3.41. The number of hydrogen-bond acceptors (Lipinski definition) is 4. The van der Waals surface area contributed by atoms with Crippen molar-refractivity contribution in [1.29, 1.82) is 0 Å². The molecule has 0 atom stereocenters.